The van der Waals surface area contributed by atoms with E-state index in [1.54, 1.807) is 0 Å². The summed E-state index contributed by atoms with van der Waals surface area (Å²) in [5, 5.41) is 0.852. The van der Waals surface area contributed by atoms with Crippen LogP contribution in [0.4, 0.5) is 0 Å². The molecule has 1 heterocycles. The highest BCUT2D eigenvalue weighted by Crippen LogP contribution is 2.41. The average molecular weight is 184 g/mol. The quantitative estimate of drug-likeness (QED) is 0.637. The molecular weight excluding hydrogens is 164 g/mol. The highest BCUT2D eigenvalue weighted by molar-refractivity contribution is 8.03. The number of thioether (sulfide) groups is 1. The van der Waals surface area contributed by atoms with Gasteiger partial charge in [0, 0.05) is 5.25 Å². The first-order chi connectivity index (χ1) is 5.65. The first-order valence-electron chi connectivity index (χ1n) is 5.00. The van der Waals surface area contributed by atoms with Gasteiger partial charge in [-0.3, -0.25) is 0 Å². The molecule has 0 amide bonds. The van der Waals surface area contributed by atoms with E-state index in [2.05, 4.69) is 45.5 Å². The van der Waals surface area contributed by atoms with Crippen molar-refractivity contribution in [1.29, 1.82) is 0 Å². The van der Waals surface area contributed by atoms with E-state index in [0.717, 1.165) is 17.1 Å². The molecule has 1 heteroatoms. The lowest BCUT2D eigenvalue weighted by atomic mass is 9.92. The zero-order valence-corrected chi connectivity index (χ0v) is 9.45. The number of hydrogen-bond donors (Lipinski definition) is 0. The van der Waals surface area contributed by atoms with Crippen LogP contribution in [0.15, 0.2) is 11.0 Å². The van der Waals surface area contributed by atoms with E-state index in [1.807, 2.05) is 0 Å². The van der Waals surface area contributed by atoms with E-state index in [9.17, 15) is 0 Å². The Morgan fingerprint density at radius 1 is 1.50 bits per heavy atom. The minimum atomic E-state index is 0.820. The van der Waals surface area contributed by atoms with E-state index in [4.69, 9.17) is 0 Å². The van der Waals surface area contributed by atoms with Gasteiger partial charge in [-0.15, -0.1) is 11.8 Å². The van der Waals surface area contributed by atoms with Crippen molar-refractivity contribution in [3.05, 3.63) is 11.0 Å². The molecule has 2 unspecified atom stereocenters. The minimum absolute atomic E-state index is 0.820. The molecule has 1 aliphatic heterocycles. The maximum atomic E-state index is 2.47. The summed E-state index contributed by atoms with van der Waals surface area (Å²) in [6, 6.07) is 0. The lowest BCUT2D eigenvalue weighted by molar-refractivity contribution is 0.471. The second-order valence-electron chi connectivity index (χ2n) is 4.06. The molecule has 0 aromatic carbocycles. The van der Waals surface area contributed by atoms with Crippen LogP contribution in [-0.4, -0.2) is 5.25 Å². The van der Waals surface area contributed by atoms with Crippen LogP contribution in [0.2, 0.25) is 0 Å². The second kappa shape index (κ2) is 4.36. The minimum Gasteiger partial charge on any atom is -0.127 e. The molecule has 0 saturated carbocycles. The second-order valence-corrected chi connectivity index (χ2v) is 5.48. The van der Waals surface area contributed by atoms with Gasteiger partial charge in [-0.05, 0) is 30.1 Å². The molecule has 0 nitrogen and oxygen atoms in total. The number of allylic oxidation sites excluding steroid dienone is 2. The lowest BCUT2D eigenvalue weighted by Gasteiger charge is -2.21. The van der Waals surface area contributed by atoms with Crippen molar-refractivity contribution in [2.24, 2.45) is 11.8 Å². The number of rotatable bonds is 3. The Morgan fingerprint density at radius 2 is 2.17 bits per heavy atom. The molecule has 2 atom stereocenters. The molecule has 0 spiro atoms. The molecule has 0 radical (unpaired) electrons. The summed E-state index contributed by atoms with van der Waals surface area (Å²) >= 11 is 2.08. The van der Waals surface area contributed by atoms with Crippen molar-refractivity contribution in [3.8, 4) is 0 Å². The van der Waals surface area contributed by atoms with Gasteiger partial charge in [-0.25, -0.2) is 0 Å². The predicted octanol–water partition coefficient (Wildman–Crippen LogP) is 4.08. The molecule has 70 valence electrons. The Labute approximate surface area is 80.8 Å². The van der Waals surface area contributed by atoms with Crippen LogP contribution in [0.3, 0.4) is 0 Å². The van der Waals surface area contributed by atoms with Crippen molar-refractivity contribution in [2.75, 3.05) is 0 Å². The third kappa shape index (κ3) is 2.29. The van der Waals surface area contributed by atoms with Crippen molar-refractivity contribution in [1.82, 2.24) is 0 Å². The van der Waals surface area contributed by atoms with Crippen LogP contribution < -0.4 is 0 Å². The van der Waals surface area contributed by atoms with Gasteiger partial charge in [0.05, 0.1) is 0 Å². The summed E-state index contributed by atoms with van der Waals surface area (Å²) in [6.07, 6.45) is 5.16. The summed E-state index contributed by atoms with van der Waals surface area (Å²) in [5.41, 5.74) is 0. The van der Waals surface area contributed by atoms with Gasteiger partial charge >= 0.3 is 0 Å². The Bertz CT molecular complexity index is 170. The van der Waals surface area contributed by atoms with Gasteiger partial charge in [0.15, 0.2) is 0 Å². The van der Waals surface area contributed by atoms with Crippen LogP contribution in [0.5, 0.6) is 0 Å². The fourth-order valence-electron chi connectivity index (χ4n) is 1.95. The third-order valence-electron chi connectivity index (χ3n) is 2.47. The summed E-state index contributed by atoms with van der Waals surface area (Å²) < 4.78 is 0. The summed E-state index contributed by atoms with van der Waals surface area (Å²) in [6.45, 7) is 9.21. The first-order valence-corrected chi connectivity index (χ1v) is 5.88. The van der Waals surface area contributed by atoms with Crippen LogP contribution in [0.1, 0.15) is 40.5 Å². The van der Waals surface area contributed by atoms with Crippen LogP contribution >= 0.6 is 11.8 Å². The topological polar surface area (TPSA) is 0 Å². The SMILES string of the molecule is CCCC1C=C(C)SC1C(C)C. The standard InChI is InChI=1S/C11H20S/c1-5-6-10-7-9(4)12-11(10)8(2)3/h7-8,10-11H,5-6H2,1-4H3. The summed E-state index contributed by atoms with van der Waals surface area (Å²) in [7, 11) is 0. The van der Waals surface area contributed by atoms with E-state index in [-0.39, 0.29) is 0 Å². The van der Waals surface area contributed by atoms with Gasteiger partial charge in [0.1, 0.15) is 0 Å². The molecule has 0 aromatic heterocycles. The Morgan fingerprint density at radius 3 is 2.67 bits per heavy atom. The zero-order valence-electron chi connectivity index (χ0n) is 8.63. The van der Waals surface area contributed by atoms with Gasteiger partial charge in [0.2, 0.25) is 0 Å². The van der Waals surface area contributed by atoms with E-state index < -0.39 is 0 Å². The predicted molar refractivity (Wildman–Crippen MR) is 58.4 cm³/mol. The van der Waals surface area contributed by atoms with Crippen molar-refractivity contribution in [3.63, 3.8) is 0 Å². The van der Waals surface area contributed by atoms with Gasteiger partial charge < -0.3 is 0 Å². The van der Waals surface area contributed by atoms with Gasteiger partial charge in [-0.2, -0.15) is 0 Å². The van der Waals surface area contributed by atoms with Gasteiger partial charge in [0.25, 0.3) is 0 Å². The largest absolute Gasteiger partial charge is 0.127 e. The molecule has 0 N–H and O–H groups in total. The molecule has 1 rings (SSSR count). The van der Waals surface area contributed by atoms with E-state index in [0.29, 0.717) is 0 Å². The Balaban J connectivity index is 2.55. The highest BCUT2D eigenvalue weighted by atomic mass is 32.2. The fourth-order valence-corrected chi connectivity index (χ4v) is 3.29. The summed E-state index contributed by atoms with van der Waals surface area (Å²) in [5.74, 6) is 1.67. The first kappa shape index (κ1) is 10.2. The maximum absolute atomic E-state index is 2.47. The summed E-state index contributed by atoms with van der Waals surface area (Å²) in [4.78, 5) is 1.53. The average Bonchev–Trinajstić information content (AvgIpc) is 2.32. The normalized spacial score (nSPS) is 29.6. The van der Waals surface area contributed by atoms with Crippen molar-refractivity contribution in [2.45, 2.75) is 45.8 Å². The molecule has 0 saturated heterocycles. The van der Waals surface area contributed by atoms with Crippen LogP contribution in [-0.2, 0) is 0 Å². The monoisotopic (exact) mass is 184 g/mol. The third-order valence-corrected chi connectivity index (χ3v) is 4.15. The van der Waals surface area contributed by atoms with Crippen LogP contribution in [0, 0.1) is 11.8 Å². The van der Waals surface area contributed by atoms with E-state index >= 15 is 0 Å². The van der Waals surface area contributed by atoms with Crippen LogP contribution in [0.25, 0.3) is 0 Å². The van der Waals surface area contributed by atoms with Crippen molar-refractivity contribution >= 4 is 11.8 Å². The molecule has 0 aromatic rings. The molecule has 0 bridgehead atoms. The Hall–Kier alpha value is 0.0900. The zero-order chi connectivity index (χ0) is 9.14. The highest BCUT2D eigenvalue weighted by Gasteiger charge is 2.27. The lowest BCUT2D eigenvalue weighted by Crippen LogP contribution is -2.17. The van der Waals surface area contributed by atoms with E-state index in [1.165, 1.54) is 17.7 Å². The molecule has 0 fully saturated rings. The fraction of sp³-hybridized carbons (Fsp3) is 0.818. The molecule has 1 aliphatic rings. The Kier molecular flexibility index (Phi) is 3.70. The number of hydrogen-bond acceptors (Lipinski definition) is 1. The molecule has 0 aliphatic carbocycles. The molecule has 12 heavy (non-hydrogen) atoms. The molecular formula is C11H20S. The maximum Gasteiger partial charge on any atom is 0.0177 e. The van der Waals surface area contributed by atoms with Crippen molar-refractivity contribution < 1.29 is 0 Å². The van der Waals surface area contributed by atoms with Gasteiger partial charge in [-0.1, -0.05) is 33.3 Å². The smallest absolute Gasteiger partial charge is 0.0177 e.